The second-order valence-corrected chi connectivity index (χ2v) is 7.90. The summed E-state index contributed by atoms with van der Waals surface area (Å²) in [6.07, 6.45) is 1.77. The lowest BCUT2D eigenvalue weighted by Gasteiger charge is -2.27. The monoisotopic (exact) mass is 358 g/mol. The fourth-order valence-corrected chi connectivity index (χ4v) is 2.48. The average Bonchev–Trinajstić information content (AvgIpc) is 2.50. The Morgan fingerprint density at radius 2 is 1.44 bits per heavy atom. The van der Waals surface area contributed by atoms with Gasteiger partial charge in [0.05, 0.1) is 13.2 Å². The summed E-state index contributed by atoms with van der Waals surface area (Å²) in [5.41, 5.74) is -0.115. The minimum Gasteiger partial charge on any atom is -0.465 e. The predicted molar refractivity (Wildman–Crippen MR) is 100 cm³/mol. The van der Waals surface area contributed by atoms with E-state index in [1.807, 2.05) is 34.6 Å². The molecule has 25 heavy (non-hydrogen) atoms. The molecule has 0 aliphatic rings. The highest BCUT2D eigenvalue weighted by atomic mass is 16.5. The Labute approximate surface area is 153 Å². The van der Waals surface area contributed by atoms with Crippen LogP contribution in [0.5, 0.6) is 0 Å². The fraction of sp³-hybridized carbons (Fsp3) is 0.895. The van der Waals surface area contributed by atoms with Gasteiger partial charge in [-0.1, -0.05) is 27.7 Å². The van der Waals surface area contributed by atoms with Gasteiger partial charge in [0, 0.05) is 12.1 Å². The normalized spacial score (nSPS) is 15.6. The lowest BCUT2D eigenvalue weighted by atomic mass is 9.87. The van der Waals surface area contributed by atoms with Crippen molar-refractivity contribution in [2.75, 3.05) is 13.2 Å². The maximum absolute atomic E-state index is 12.0. The zero-order valence-corrected chi connectivity index (χ0v) is 17.3. The van der Waals surface area contributed by atoms with Gasteiger partial charge in [0.1, 0.15) is 12.1 Å². The zero-order chi connectivity index (χ0) is 19.6. The molecule has 2 N–H and O–H groups in total. The highest BCUT2D eigenvalue weighted by Gasteiger charge is 2.24. The van der Waals surface area contributed by atoms with E-state index in [0.29, 0.717) is 13.2 Å². The van der Waals surface area contributed by atoms with Crippen LogP contribution >= 0.6 is 0 Å². The molecular weight excluding hydrogens is 320 g/mol. The maximum Gasteiger partial charge on any atom is 0.322 e. The number of esters is 2. The lowest BCUT2D eigenvalue weighted by molar-refractivity contribution is -0.149. The van der Waals surface area contributed by atoms with Gasteiger partial charge in [0.25, 0.3) is 0 Å². The van der Waals surface area contributed by atoms with Crippen molar-refractivity contribution in [1.29, 1.82) is 0 Å². The van der Waals surface area contributed by atoms with Crippen LogP contribution in [-0.2, 0) is 19.1 Å². The largest absolute Gasteiger partial charge is 0.465 e. The minimum absolute atomic E-state index is 0.115. The van der Waals surface area contributed by atoms with E-state index in [9.17, 15) is 9.59 Å². The molecule has 0 saturated carbocycles. The molecular formula is C19H38N2O4. The third kappa shape index (κ3) is 11.2. The molecule has 6 heteroatoms. The molecule has 0 saturated heterocycles. The summed E-state index contributed by atoms with van der Waals surface area (Å²) in [5, 5.41) is 6.39. The zero-order valence-electron chi connectivity index (χ0n) is 17.3. The molecule has 0 fully saturated rings. The molecule has 0 spiro atoms. The molecule has 0 aromatic heterocycles. The van der Waals surface area contributed by atoms with Gasteiger partial charge in [0.2, 0.25) is 0 Å². The molecule has 0 bridgehead atoms. The molecule has 3 atom stereocenters. The van der Waals surface area contributed by atoms with Crippen molar-refractivity contribution in [3.05, 3.63) is 0 Å². The average molecular weight is 359 g/mol. The van der Waals surface area contributed by atoms with Gasteiger partial charge in [0.15, 0.2) is 0 Å². The Morgan fingerprint density at radius 1 is 0.920 bits per heavy atom. The summed E-state index contributed by atoms with van der Waals surface area (Å²) in [6.45, 7) is 16.4. The molecule has 0 aliphatic carbocycles. The van der Waals surface area contributed by atoms with Crippen LogP contribution in [-0.4, -0.2) is 49.3 Å². The van der Waals surface area contributed by atoms with Crippen LogP contribution in [0, 0.1) is 5.41 Å². The van der Waals surface area contributed by atoms with E-state index in [-0.39, 0.29) is 41.5 Å². The molecule has 0 heterocycles. The maximum atomic E-state index is 12.0. The van der Waals surface area contributed by atoms with Gasteiger partial charge >= 0.3 is 11.9 Å². The number of hydrogen-bond acceptors (Lipinski definition) is 6. The van der Waals surface area contributed by atoms with Gasteiger partial charge in [-0.3, -0.25) is 9.59 Å². The van der Waals surface area contributed by atoms with Crippen molar-refractivity contribution in [2.45, 2.75) is 92.4 Å². The smallest absolute Gasteiger partial charge is 0.322 e. The van der Waals surface area contributed by atoms with Crippen LogP contribution in [0.15, 0.2) is 0 Å². The Kier molecular flexibility index (Phi) is 10.9. The Morgan fingerprint density at radius 3 is 1.96 bits per heavy atom. The molecule has 6 nitrogen and oxygen atoms in total. The van der Waals surface area contributed by atoms with Gasteiger partial charge in [-0.25, -0.2) is 0 Å². The molecule has 148 valence electrons. The number of carbonyl (C=O) groups excluding carboxylic acids is 2. The van der Waals surface area contributed by atoms with Crippen molar-refractivity contribution >= 4 is 11.9 Å². The quantitative estimate of drug-likeness (QED) is 0.522. The second kappa shape index (κ2) is 11.5. The summed E-state index contributed by atoms with van der Waals surface area (Å²) in [5.74, 6) is -0.446. The minimum atomic E-state index is -0.321. The van der Waals surface area contributed by atoms with Gasteiger partial charge in [-0.2, -0.15) is 0 Å². The molecule has 3 unspecified atom stereocenters. The summed E-state index contributed by atoms with van der Waals surface area (Å²) in [4.78, 5) is 23.6. The molecule has 0 radical (unpaired) electrons. The second-order valence-electron chi connectivity index (χ2n) is 7.90. The summed E-state index contributed by atoms with van der Waals surface area (Å²) < 4.78 is 10.5. The third-order valence-corrected chi connectivity index (χ3v) is 3.97. The number of ether oxygens (including phenoxy) is 2. The first-order valence-electron chi connectivity index (χ1n) is 9.34. The van der Waals surface area contributed by atoms with Crippen molar-refractivity contribution in [3.8, 4) is 0 Å². The van der Waals surface area contributed by atoms with E-state index < -0.39 is 0 Å². The summed E-state index contributed by atoms with van der Waals surface area (Å²) >= 11 is 0. The van der Waals surface area contributed by atoms with Crippen molar-refractivity contribution in [1.82, 2.24) is 10.6 Å². The Bertz CT molecular complexity index is 410. The standard InChI is InChI=1S/C19H38N2O4/c1-9-24-17(22)16(6)21-14(4)10-11-19(7,8)12-25-18(23)15(5)20-13(2)3/h13-16,20-21H,9-12H2,1-8H3. The SMILES string of the molecule is CCOC(=O)C(C)NC(C)CCC(C)(C)COC(=O)C(C)NC(C)C. The van der Waals surface area contributed by atoms with Gasteiger partial charge in [-0.15, -0.1) is 0 Å². The first-order valence-corrected chi connectivity index (χ1v) is 9.34. The van der Waals surface area contributed by atoms with Crippen LogP contribution in [0.4, 0.5) is 0 Å². The van der Waals surface area contributed by atoms with Crippen LogP contribution < -0.4 is 10.6 Å². The first kappa shape index (κ1) is 23.9. The van der Waals surface area contributed by atoms with E-state index in [1.54, 1.807) is 6.92 Å². The molecule has 0 aliphatic heterocycles. The van der Waals surface area contributed by atoms with E-state index >= 15 is 0 Å². The van der Waals surface area contributed by atoms with E-state index in [0.717, 1.165) is 12.8 Å². The lowest BCUT2D eigenvalue weighted by Crippen LogP contribution is -2.42. The number of nitrogens with one attached hydrogen (secondary N) is 2. The molecule has 0 aromatic carbocycles. The van der Waals surface area contributed by atoms with Crippen molar-refractivity contribution in [2.24, 2.45) is 5.41 Å². The molecule has 0 rings (SSSR count). The topological polar surface area (TPSA) is 76.7 Å². The molecule has 0 amide bonds. The van der Waals surface area contributed by atoms with E-state index in [1.165, 1.54) is 0 Å². The number of carbonyl (C=O) groups is 2. The fourth-order valence-electron chi connectivity index (χ4n) is 2.48. The molecule has 0 aromatic rings. The highest BCUT2D eigenvalue weighted by Crippen LogP contribution is 2.24. The number of hydrogen-bond donors (Lipinski definition) is 2. The van der Waals surface area contributed by atoms with Gasteiger partial charge < -0.3 is 20.1 Å². The summed E-state index contributed by atoms with van der Waals surface area (Å²) in [7, 11) is 0. The highest BCUT2D eigenvalue weighted by molar-refractivity contribution is 5.75. The predicted octanol–water partition coefficient (Wildman–Crippen LogP) is 2.65. The van der Waals surface area contributed by atoms with Crippen LogP contribution in [0.2, 0.25) is 0 Å². The Balaban J connectivity index is 4.22. The number of rotatable bonds is 12. The van der Waals surface area contributed by atoms with Crippen molar-refractivity contribution in [3.63, 3.8) is 0 Å². The van der Waals surface area contributed by atoms with Crippen molar-refractivity contribution < 1.29 is 19.1 Å². The van der Waals surface area contributed by atoms with E-state index in [2.05, 4.69) is 24.5 Å². The van der Waals surface area contributed by atoms with Crippen LogP contribution in [0.25, 0.3) is 0 Å². The van der Waals surface area contributed by atoms with Crippen LogP contribution in [0.3, 0.4) is 0 Å². The first-order chi connectivity index (χ1) is 11.5. The van der Waals surface area contributed by atoms with Crippen LogP contribution in [0.1, 0.15) is 68.2 Å². The third-order valence-electron chi connectivity index (χ3n) is 3.97. The Hall–Kier alpha value is -1.14. The van der Waals surface area contributed by atoms with Gasteiger partial charge in [-0.05, 0) is 46.0 Å². The summed E-state index contributed by atoms with van der Waals surface area (Å²) in [6, 6.07) is -0.208. The van der Waals surface area contributed by atoms with E-state index in [4.69, 9.17) is 9.47 Å².